The first kappa shape index (κ1) is 12.7. The molecule has 1 aliphatic carbocycles. The molecule has 1 saturated heterocycles. The van der Waals surface area contributed by atoms with Crippen LogP contribution in [0.1, 0.15) is 38.5 Å². The van der Waals surface area contributed by atoms with Gasteiger partial charge >= 0.3 is 0 Å². The molecular formula is C12H19N3OS2. The van der Waals surface area contributed by atoms with Crippen molar-refractivity contribution in [1.82, 2.24) is 10.2 Å². The highest BCUT2D eigenvalue weighted by Gasteiger charge is 2.45. The average Bonchev–Trinajstić information content (AvgIpc) is 2.75. The van der Waals surface area contributed by atoms with E-state index in [0.29, 0.717) is 16.7 Å². The van der Waals surface area contributed by atoms with Crippen LogP contribution in [0.25, 0.3) is 0 Å². The highest BCUT2D eigenvalue weighted by Crippen LogP contribution is 2.50. The molecule has 0 aromatic carbocycles. The van der Waals surface area contributed by atoms with Crippen molar-refractivity contribution in [2.45, 2.75) is 49.0 Å². The number of anilines is 1. The van der Waals surface area contributed by atoms with E-state index in [1.807, 2.05) is 0 Å². The van der Waals surface area contributed by atoms with Gasteiger partial charge in [0.05, 0.1) is 6.10 Å². The van der Waals surface area contributed by atoms with Crippen LogP contribution >= 0.6 is 23.1 Å². The van der Waals surface area contributed by atoms with Gasteiger partial charge in [0.2, 0.25) is 5.13 Å². The van der Waals surface area contributed by atoms with E-state index in [0.717, 1.165) is 16.7 Å². The molecule has 0 bridgehead atoms. The number of nitrogens with zero attached hydrogens (tertiary/aromatic N) is 2. The topological polar surface area (TPSA) is 61.0 Å². The molecule has 6 heteroatoms. The summed E-state index contributed by atoms with van der Waals surface area (Å²) in [6, 6.07) is 0. The van der Waals surface area contributed by atoms with Crippen molar-refractivity contribution < 1.29 is 4.74 Å². The summed E-state index contributed by atoms with van der Waals surface area (Å²) in [7, 11) is 0. The number of ether oxygens (including phenoxy) is 1. The Morgan fingerprint density at radius 3 is 2.78 bits per heavy atom. The maximum absolute atomic E-state index is 6.01. The van der Waals surface area contributed by atoms with Gasteiger partial charge in [-0.15, -0.1) is 10.2 Å². The van der Waals surface area contributed by atoms with Crippen LogP contribution in [0.3, 0.4) is 0 Å². The molecule has 1 unspecified atom stereocenters. The molecule has 1 aromatic rings. The summed E-state index contributed by atoms with van der Waals surface area (Å²) in [6.45, 7) is 0.947. The van der Waals surface area contributed by atoms with Crippen LogP contribution in [-0.4, -0.2) is 28.7 Å². The van der Waals surface area contributed by atoms with Crippen molar-refractivity contribution in [2.24, 2.45) is 5.41 Å². The van der Waals surface area contributed by atoms with Gasteiger partial charge in [0.15, 0.2) is 4.34 Å². The lowest BCUT2D eigenvalue weighted by atomic mass is 9.65. The minimum atomic E-state index is 0.394. The second-order valence-electron chi connectivity index (χ2n) is 5.27. The lowest BCUT2D eigenvalue weighted by Gasteiger charge is -2.48. The van der Waals surface area contributed by atoms with Gasteiger partial charge in [-0.2, -0.15) is 0 Å². The largest absolute Gasteiger partial charge is 0.378 e. The zero-order chi connectivity index (χ0) is 12.4. The minimum absolute atomic E-state index is 0.394. The number of thioether (sulfide) groups is 1. The summed E-state index contributed by atoms with van der Waals surface area (Å²) in [5, 5.41) is 8.52. The Bertz CT molecular complexity index is 400. The van der Waals surface area contributed by atoms with Crippen LogP contribution in [0.5, 0.6) is 0 Å². The summed E-state index contributed by atoms with van der Waals surface area (Å²) in [5.74, 6) is 1.10. The zero-order valence-corrected chi connectivity index (χ0v) is 12.1. The highest BCUT2D eigenvalue weighted by atomic mass is 32.2. The van der Waals surface area contributed by atoms with Crippen molar-refractivity contribution in [3.63, 3.8) is 0 Å². The quantitative estimate of drug-likeness (QED) is 0.862. The fourth-order valence-electron chi connectivity index (χ4n) is 2.90. The van der Waals surface area contributed by atoms with Crippen LogP contribution < -0.4 is 5.73 Å². The van der Waals surface area contributed by atoms with Crippen LogP contribution in [0.2, 0.25) is 0 Å². The van der Waals surface area contributed by atoms with E-state index >= 15 is 0 Å². The predicted octanol–water partition coefficient (Wildman–Crippen LogP) is 2.95. The molecule has 4 nitrogen and oxygen atoms in total. The van der Waals surface area contributed by atoms with Gasteiger partial charge in [-0.3, -0.25) is 0 Å². The Morgan fingerprint density at radius 1 is 1.33 bits per heavy atom. The third-order valence-corrected chi connectivity index (χ3v) is 6.32. The molecule has 2 fully saturated rings. The number of nitrogen functional groups attached to an aromatic ring is 1. The van der Waals surface area contributed by atoms with E-state index in [1.165, 1.54) is 49.9 Å². The molecule has 18 heavy (non-hydrogen) atoms. The minimum Gasteiger partial charge on any atom is -0.378 e. The second kappa shape index (κ2) is 5.35. The van der Waals surface area contributed by atoms with Crippen molar-refractivity contribution in [1.29, 1.82) is 0 Å². The Balaban J connectivity index is 1.61. The standard InChI is InChI=1S/C12H19N3OS2/c13-10-14-15-11(18-10)17-8-12(5-3-6-12)9-4-1-2-7-16-9/h9H,1-8H2,(H2,13,14). The third kappa shape index (κ3) is 2.51. The molecule has 2 aliphatic rings. The van der Waals surface area contributed by atoms with Gasteiger partial charge < -0.3 is 10.5 Å². The smallest absolute Gasteiger partial charge is 0.203 e. The fourth-order valence-corrected chi connectivity index (χ4v) is 4.89. The Morgan fingerprint density at radius 2 is 2.22 bits per heavy atom. The highest BCUT2D eigenvalue weighted by molar-refractivity contribution is 8.01. The maximum atomic E-state index is 6.01. The third-order valence-electron chi connectivity index (χ3n) is 4.12. The molecule has 1 atom stereocenters. The monoisotopic (exact) mass is 285 g/mol. The second-order valence-corrected chi connectivity index (χ2v) is 7.50. The zero-order valence-electron chi connectivity index (χ0n) is 10.4. The fraction of sp³-hybridized carbons (Fsp3) is 0.833. The normalized spacial score (nSPS) is 26.8. The molecule has 0 spiro atoms. The first-order valence-electron chi connectivity index (χ1n) is 6.62. The van der Waals surface area contributed by atoms with Gasteiger partial charge in [-0.05, 0) is 32.1 Å². The van der Waals surface area contributed by atoms with Gasteiger partial charge in [-0.25, -0.2) is 0 Å². The summed E-state index contributed by atoms with van der Waals surface area (Å²) < 4.78 is 7.00. The number of rotatable bonds is 4. The molecule has 1 aromatic heterocycles. The Kier molecular flexibility index (Phi) is 3.77. The van der Waals surface area contributed by atoms with Crippen LogP contribution in [0.15, 0.2) is 4.34 Å². The number of hydrogen-bond acceptors (Lipinski definition) is 6. The van der Waals surface area contributed by atoms with E-state index in [-0.39, 0.29) is 0 Å². The Labute approximate surface area is 116 Å². The molecule has 0 amide bonds. The van der Waals surface area contributed by atoms with Crippen LogP contribution in [0, 0.1) is 5.41 Å². The number of nitrogens with two attached hydrogens (primary N) is 1. The Hall–Kier alpha value is -0.330. The molecule has 3 rings (SSSR count). The molecule has 1 aliphatic heterocycles. The first-order chi connectivity index (χ1) is 8.78. The summed E-state index contributed by atoms with van der Waals surface area (Å²) >= 11 is 3.29. The molecular weight excluding hydrogens is 266 g/mol. The summed E-state index contributed by atoms with van der Waals surface area (Å²) in [4.78, 5) is 0. The van der Waals surface area contributed by atoms with Crippen molar-refractivity contribution in [3.8, 4) is 0 Å². The molecule has 2 heterocycles. The van der Waals surface area contributed by atoms with Gasteiger partial charge in [-0.1, -0.05) is 29.5 Å². The molecule has 100 valence electrons. The molecule has 0 radical (unpaired) electrons. The molecule has 1 saturated carbocycles. The summed E-state index contributed by atoms with van der Waals surface area (Å²) in [6.07, 6.45) is 8.21. The van der Waals surface area contributed by atoms with Crippen LogP contribution in [0.4, 0.5) is 5.13 Å². The van der Waals surface area contributed by atoms with E-state index in [4.69, 9.17) is 10.5 Å². The van der Waals surface area contributed by atoms with Gasteiger partial charge in [0.1, 0.15) is 0 Å². The van der Waals surface area contributed by atoms with E-state index in [2.05, 4.69) is 10.2 Å². The van der Waals surface area contributed by atoms with E-state index in [9.17, 15) is 0 Å². The molecule has 2 N–H and O–H groups in total. The predicted molar refractivity (Wildman–Crippen MR) is 74.9 cm³/mol. The number of hydrogen-bond donors (Lipinski definition) is 1. The van der Waals surface area contributed by atoms with Crippen molar-refractivity contribution in [3.05, 3.63) is 0 Å². The lowest BCUT2D eigenvalue weighted by Crippen LogP contribution is -2.46. The SMILES string of the molecule is Nc1nnc(SCC2(C3CCCCO3)CCC2)s1. The van der Waals surface area contributed by atoms with Gasteiger partial charge in [0.25, 0.3) is 0 Å². The van der Waals surface area contributed by atoms with Crippen molar-refractivity contribution >= 4 is 28.2 Å². The van der Waals surface area contributed by atoms with Crippen LogP contribution in [-0.2, 0) is 4.74 Å². The number of aromatic nitrogens is 2. The average molecular weight is 285 g/mol. The van der Waals surface area contributed by atoms with Gasteiger partial charge in [0, 0.05) is 17.8 Å². The first-order valence-corrected chi connectivity index (χ1v) is 8.42. The van der Waals surface area contributed by atoms with Crippen molar-refractivity contribution in [2.75, 3.05) is 18.1 Å². The summed E-state index contributed by atoms with van der Waals surface area (Å²) in [5.41, 5.74) is 6.01. The van der Waals surface area contributed by atoms with E-state index in [1.54, 1.807) is 11.8 Å². The maximum Gasteiger partial charge on any atom is 0.203 e. The van der Waals surface area contributed by atoms with E-state index < -0.39 is 0 Å². The lowest BCUT2D eigenvalue weighted by molar-refractivity contribution is -0.0916.